The van der Waals surface area contributed by atoms with Crippen LogP contribution in [-0.4, -0.2) is 27.9 Å². The van der Waals surface area contributed by atoms with Crippen LogP contribution in [0.25, 0.3) is 16.7 Å². The van der Waals surface area contributed by atoms with E-state index in [1.807, 2.05) is 6.92 Å². The molecule has 2 N–H and O–H groups in total. The molecule has 0 spiro atoms. The molecule has 2 aromatic carbocycles. The molecule has 2 aliphatic rings. The summed E-state index contributed by atoms with van der Waals surface area (Å²) in [5, 5.41) is 22.0. The Balaban J connectivity index is 1.65. The van der Waals surface area contributed by atoms with Gasteiger partial charge in [-0.1, -0.05) is 31.7 Å². The van der Waals surface area contributed by atoms with Crippen LogP contribution in [0.5, 0.6) is 0 Å². The molecule has 0 unspecified atom stereocenters. The first-order chi connectivity index (χ1) is 18.1. The molecule has 0 saturated heterocycles. The van der Waals surface area contributed by atoms with Crippen molar-refractivity contribution < 1.29 is 23.5 Å². The summed E-state index contributed by atoms with van der Waals surface area (Å²) in [5.41, 5.74) is 3.20. The number of amides is 1. The summed E-state index contributed by atoms with van der Waals surface area (Å²) >= 11 is 0. The van der Waals surface area contributed by atoms with Crippen molar-refractivity contribution in [1.82, 2.24) is 10.2 Å². The van der Waals surface area contributed by atoms with Gasteiger partial charge in [-0.3, -0.25) is 9.59 Å². The number of benzene rings is 2. The molecule has 0 atom stereocenters. The van der Waals surface area contributed by atoms with Gasteiger partial charge in [0.1, 0.15) is 23.4 Å². The lowest BCUT2D eigenvalue weighted by Gasteiger charge is -2.33. The van der Waals surface area contributed by atoms with Gasteiger partial charge < -0.3 is 15.3 Å². The lowest BCUT2D eigenvalue weighted by atomic mass is 9.80. The van der Waals surface area contributed by atoms with Gasteiger partial charge in [-0.15, -0.1) is 0 Å². The molecule has 1 fully saturated rings. The SMILES string of the molecule is C=C1C=C(C(=O)NC2CC(C(=O)O)C2)C=CN1/C(C#N)=C(\CC)c1cc(F)ccc1-c1ccc(C)cc1F. The summed E-state index contributed by atoms with van der Waals surface area (Å²) < 4.78 is 29.3. The fourth-order valence-corrected chi connectivity index (χ4v) is 4.70. The highest BCUT2D eigenvalue weighted by Gasteiger charge is 2.35. The third-order valence-corrected chi connectivity index (χ3v) is 6.83. The quantitative estimate of drug-likeness (QED) is 0.453. The highest BCUT2D eigenvalue weighted by atomic mass is 19.1. The van der Waals surface area contributed by atoms with E-state index in [-0.39, 0.29) is 17.6 Å². The number of nitrogens with one attached hydrogen (secondary N) is 1. The van der Waals surface area contributed by atoms with E-state index in [0.29, 0.717) is 52.8 Å². The number of hydrogen-bond acceptors (Lipinski definition) is 4. The molecule has 0 radical (unpaired) electrons. The number of hydrogen-bond donors (Lipinski definition) is 2. The van der Waals surface area contributed by atoms with E-state index < -0.39 is 23.5 Å². The van der Waals surface area contributed by atoms with Gasteiger partial charge in [0.15, 0.2) is 0 Å². The van der Waals surface area contributed by atoms with Crippen LogP contribution in [0.4, 0.5) is 8.78 Å². The number of aryl methyl sites for hydroxylation is 1. The molecule has 6 nitrogen and oxygen atoms in total. The Morgan fingerprint density at radius 2 is 1.89 bits per heavy atom. The predicted octanol–water partition coefficient (Wildman–Crippen LogP) is 5.83. The second kappa shape index (κ2) is 10.9. The molecular formula is C30H27F2N3O3. The van der Waals surface area contributed by atoms with Crippen LogP contribution in [0, 0.1) is 35.8 Å². The summed E-state index contributed by atoms with van der Waals surface area (Å²) in [6, 6.07) is 10.8. The number of halogens is 2. The standard InChI is InChI=1S/C30H27F2N3O3/c1-4-23(26-15-21(31)6-8-24(26)25-7-5-17(2)11-27(25)32)28(16-33)35-10-9-19(12-18(35)3)29(36)34-22-13-20(14-22)30(37)38/h5-12,15,20,22H,3-4,13-14H2,1-2H3,(H,34,36)(H,37,38)/b28-23+. The van der Waals surface area contributed by atoms with Crippen LogP contribution in [-0.2, 0) is 9.59 Å². The monoisotopic (exact) mass is 515 g/mol. The first-order valence-electron chi connectivity index (χ1n) is 12.2. The van der Waals surface area contributed by atoms with Crippen molar-refractivity contribution in [2.75, 3.05) is 0 Å². The minimum Gasteiger partial charge on any atom is -0.481 e. The van der Waals surface area contributed by atoms with Gasteiger partial charge in [0.2, 0.25) is 0 Å². The van der Waals surface area contributed by atoms with E-state index in [0.717, 1.165) is 5.56 Å². The fraction of sp³-hybridized carbons (Fsp3) is 0.233. The maximum atomic E-state index is 14.9. The molecule has 1 saturated carbocycles. The van der Waals surface area contributed by atoms with Crippen molar-refractivity contribution >= 4 is 17.4 Å². The molecule has 1 heterocycles. The second-order valence-electron chi connectivity index (χ2n) is 9.42. The van der Waals surface area contributed by atoms with E-state index >= 15 is 0 Å². The zero-order valence-electron chi connectivity index (χ0n) is 21.1. The van der Waals surface area contributed by atoms with Crippen molar-refractivity contribution in [1.29, 1.82) is 5.26 Å². The first-order valence-corrected chi connectivity index (χ1v) is 12.2. The fourth-order valence-electron chi connectivity index (χ4n) is 4.70. The van der Waals surface area contributed by atoms with E-state index in [4.69, 9.17) is 5.11 Å². The Kier molecular flexibility index (Phi) is 7.58. The number of nitrogens with zero attached hydrogens (tertiary/aromatic N) is 2. The van der Waals surface area contributed by atoms with Crippen molar-refractivity contribution in [2.24, 2.45) is 5.92 Å². The molecule has 194 valence electrons. The highest BCUT2D eigenvalue weighted by molar-refractivity contribution is 5.97. The van der Waals surface area contributed by atoms with Gasteiger partial charge in [0.25, 0.3) is 5.91 Å². The zero-order chi connectivity index (χ0) is 27.6. The van der Waals surface area contributed by atoms with Crippen molar-refractivity contribution in [3.05, 3.63) is 101 Å². The van der Waals surface area contributed by atoms with E-state index in [9.17, 15) is 23.6 Å². The van der Waals surface area contributed by atoms with Crippen LogP contribution < -0.4 is 5.32 Å². The average Bonchev–Trinajstić information content (AvgIpc) is 2.84. The number of carboxylic acids is 1. The number of carboxylic acid groups (broad SMARTS) is 1. The van der Waals surface area contributed by atoms with Gasteiger partial charge in [0.05, 0.1) is 5.92 Å². The summed E-state index contributed by atoms with van der Waals surface area (Å²) in [6.07, 6.45) is 5.70. The van der Waals surface area contributed by atoms with Gasteiger partial charge in [-0.2, -0.15) is 5.26 Å². The van der Waals surface area contributed by atoms with E-state index in [1.165, 1.54) is 47.5 Å². The number of nitriles is 1. The summed E-state index contributed by atoms with van der Waals surface area (Å²) in [7, 11) is 0. The van der Waals surface area contributed by atoms with Gasteiger partial charge >= 0.3 is 5.97 Å². The van der Waals surface area contributed by atoms with Crippen molar-refractivity contribution in [3.8, 4) is 17.2 Å². The summed E-state index contributed by atoms with van der Waals surface area (Å²) in [6.45, 7) is 7.60. The van der Waals surface area contributed by atoms with E-state index in [1.54, 1.807) is 19.1 Å². The number of carbonyl (C=O) groups is 2. The normalized spacial score (nSPS) is 19.2. The van der Waals surface area contributed by atoms with Crippen molar-refractivity contribution in [3.63, 3.8) is 0 Å². The molecule has 0 aromatic heterocycles. The Hall–Kier alpha value is -4.51. The maximum absolute atomic E-state index is 14.9. The Morgan fingerprint density at radius 3 is 2.50 bits per heavy atom. The molecule has 1 aliphatic heterocycles. The zero-order valence-corrected chi connectivity index (χ0v) is 21.1. The minimum atomic E-state index is -0.870. The highest BCUT2D eigenvalue weighted by Crippen LogP contribution is 2.37. The average molecular weight is 516 g/mol. The molecule has 38 heavy (non-hydrogen) atoms. The maximum Gasteiger partial charge on any atom is 0.306 e. The van der Waals surface area contributed by atoms with Crippen LogP contribution in [0.15, 0.2) is 78.3 Å². The first kappa shape index (κ1) is 26.6. The Labute approximate surface area is 219 Å². The molecular weight excluding hydrogens is 488 g/mol. The third kappa shape index (κ3) is 5.28. The third-order valence-electron chi connectivity index (χ3n) is 6.83. The number of allylic oxidation sites excluding steroid dienone is 3. The summed E-state index contributed by atoms with van der Waals surface area (Å²) in [5.74, 6) is -2.65. The molecule has 1 amide bonds. The lowest BCUT2D eigenvalue weighted by Crippen LogP contribution is -2.47. The minimum absolute atomic E-state index is 0.173. The molecule has 1 aliphatic carbocycles. The molecule has 2 aromatic rings. The predicted molar refractivity (Wildman–Crippen MR) is 140 cm³/mol. The molecule has 4 rings (SSSR count). The largest absolute Gasteiger partial charge is 0.481 e. The Morgan fingerprint density at radius 1 is 1.18 bits per heavy atom. The van der Waals surface area contributed by atoms with Crippen LogP contribution >= 0.6 is 0 Å². The van der Waals surface area contributed by atoms with Crippen LogP contribution in [0.2, 0.25) is 0 Å². The van der Waals surface area contributed by atoms with Gasteiger partial charge in [-0.25, -0.2) is 8.78 Å². The summed E-state index contributed by atoms with van der Waals surface area (Å²) in [4.78, 5) is 25.2. The van der Waals surface area contributed by atoms with Crippen LogP contribution in [0.3, 0.4) is 0 Å². The number of aliphatic carboxylic acids is 1. The number of rotatable bonds is 7. The topological polar surface area (TPSA) is 93.4 Å². The van der Waals surface area contributed by atoms with Gasteiger partial charge in [-0.05, 0) is 78.8 Å². The molecule has 0 bridgehead atoms. The smallest absolute Gasteiger partial charge is 0.306 e. The van der Waals surface area contributed by atoms with Gasteiger partial charge in [0, 0.05) is 29.1 Å². The second-order valence-corrected chi connectivity index (χ2v) is 9.42. The van der Waals surface area contributed by atoms with Crippen LogP contribution in [0.1, 0.15) is 37.3 Å². The Bertz CT molecular complexity index is 1460. The molecule has 8 heteroatoms. The van der Waals surface area contributed by atoms with Crippen molar-refractivity contribution in [2.45, 2.75) is 39.2 Å². The lowest BCUT2D eigenvalue weighted by molar-refractivity contribution is -0.146. The van der Waals surface area contributed by atoms with E-state index in [2.05, 4.69) is 18.0 Å². The number of carbonyl (C=O) groups excluding carboxylic acids is 1.